The molecule has 6 heteroatoms. The highest BCUT2D eigenvalue weighted by Crippen LogP contribution is 2.17. The summed E-state index contributed by atoms with van der Waals surface area (Å²) in [4.78, 5) is 16.6. The molecule has 1 aliphatic rings. The molecule has 0 radical (unpaired) electrons. The minimum absolute atomic E-state index is 0.0479. The van der Waals surface area contributed by atoms with Gasteiger partial charge in [0.1, 0.15) is 11.8 Å². The van der Waals surface area contributed by atoms with Gasteiger partial charge in [0, 0.05) is 44.7 Å². The van der Waals surface area contributed by atoms with Gasteiger partial charge >= 0.3 is 0 Å². The maximum atomic E-state index is 12.4. The Bertz CT molecular complexity index is 562. The zero-order valence-electron chi connectivity index (χ0n) is 13.4. The van der Waals surface area contributed by atoms with E-state index in [2.05, 4.69) is 11.0 Å². The summed E-state index contributed by atoms with van der Waals surface area (Å²) in [6, 6.07) is 8.86. The third-order valence-electron chi connectivity index (χ3n) is 4.18. The SMILES string of the molecule is COc1cccc(C(=O)CC(C#N)N2CCN(CCO)CC2)c1. The van der Waals surface area contributed by atoms with Crippen molar-refractivity contribution >= 4 is 5.78 Å². The standard InChI is InChI=1S/C17H23N3O3/c1-23-16-4-2-3-14(11-16)17(22)12-15(13-18)20-7-5-19(6-8-20)9-10-21/h2-4,11,15,21H,5-10,12H2,1H3. The summed E-state index contributed by atoms with van der Waals surface area (Å²) in [7, 11) is 1.56. The number of ketones is 1. The van der Waals surface area contributed by atoms with Crippen LogP contribution in [0.4, 0.5) is 0 Å². The molecule has 1 fully saturated rings. The van der Waals surface area contributed by atoms with E-state index in [-0.39, 0.29) is 18.8 Å². The molecule has 1 aliphatic heterocycles. The summed E-state index contributed by atoms with van der Waals surface area (Å²) < 4.78 is 5.13. The van der Waals surface area contributed by atoms with Crippen molar-refractivity contribution in [2.45, 2.75) is 12.5 Å². The Morgan fingerprint density at radius 3 is 2.74 bits per heavy atom. The minimum atomic E-state index is -0.412. The van der Waals surface area contributed by atoms with Crippen molar-refractivity contribution in [2.75, 3.05) is 46.4 Å². The van der Waals surface area contributed by atoms with Crippen LogP contribution in [-0.4, -0.2) is 73.2 Å². The lowest BCUT2D eigenvalue weighted by Gasteiger charge is -2.36. The first-order valence-electron chi connectivity index (χ1n) is 7.82. The minimum Gasteiger partial charge on any atom is -0.497 e. The number of carbonyl (C=O) groups excluding carboxylic acids is 1. The number of rotatable bonds is 7. The van der Waals surface area contributed by atoms with Gasteiger partial charge in [-0.3, -0.25) is 14.6 Å². The highest BCUT2D eigenvalue weighted by Gasteiger charge is 2.25. The highest BCUT2D eigenvalue weighted by atomic mass is 16.5. The van der Waals surface area contributed by atoms with Crippen molar-refractivity contribution in [1.29, 1.82) is 5.26 Å². The number of methoxy groups -OCH3 is 1. The molecule has 0 spiro atoms. The molecule has 1 heterocycles. The Hall–Kier alpha value is -1.94. The van der Waals surface area contributed by atoms with Gasteiger partial charge < -0.3 is 9.84 Å². The van der Waals surface area contributed by atoms with Gasteiger partial charge in [-0.15, -0.1) is 0 Å². The predicted molar refractivity (Wildman–Crippen MR) is 86.4 cm³/mol. The molecule has 1 saturated heterocycles. The molecular formula is C17H23N3O3. The predicted octanol–water partition coefficient (Wildman–Crippen LogP) is 0.770. The van der Waals surface area contributed by atoms with Gasteiger partial charge in [-0.05, 0) is 12.1 Å². The molecule has 0 aromatic heterocycles. The van der Waals surface area contributed by atoms with Gasteiger partial charge in [-0.1, -0.05) is 12.1 Å². The molecule has 6 nitrogen and oxygen atoms in total. The normalized spacial score (nSPS) is 17.4. The number of aliphatic hydroxyl groups excluding tert-OH is 1. The number of hydrogen-bond acceptors (Lipinski definition) is 6. The number of Topliss-reactive ketones (excluding diaryl/α,β-unsaturated/α-hetero) is 1. The van der Waals surface area contributed by atoms with Crippen molar-refractivity contribution in [1.82, 2.24) is 9.80 Å². The Morgan fingerprint density at radius 1 is 1.39 bits per heavy atom. The van der Waals surface area contributed by atoms with E-state index in [9.17, 15) is 10.1 Å². The first kappa shape index (κ1) is 17.4. The molecule has 0 saturated carbocycles. The van der Waals surface area contributed by atoms with Crippen molar-refractivity contribution in [3.05, 3.63) is 29.8 Å². The van der Waals surface area contributed by atoms with E-state index < -0.39 is 6.04 Å². The second-order valence-corrected chi connectivity index (χ2v) is 5.61. The molecule has 0 amide bonds. The van der Waals surface area contributed by atoms with Crippen LogP contribution in [0, 0.1) is 11.3 Å². The molecule has 2 rings (SSSR count). The lowest BCUT2D eigenvalue weighted by Crippen LogP contribution is -2.50. The molecule has 1 N–H and O–H groups in total. The van der Waals surface area contributed by atoms with E-state index in [1.54, 1.807) is 31.4 Å². The fourth-order valence-electron chi connectivity index (χ4n) is 2.79. The molecule has 1 atom stereocenters. The van der Waals surface area contributed by atoms with Crippen LogP contribution in [-0.2, 0) is 0 Å². The van der Waals surface area contributed by atoms with Crippen molar-refractivity contribution < 1.29 is 14.6 Å². The zero-order valence-corrected chi connectivity index (χ0v) is 13.4. The molecule has 124 valence electrons. The largest absolute Gasteiger partial charge is 0.497 e. The monoisotopic (exact) mass is 317 g/mol. The third kappa shape index (κ3) is 4.76. The number of hydrogen-bond donors (Lipinski definition) is 1. The van der Waals surface area contributed by atoms with Gasteiger partial charge in [0.05, 0.1) is 19.8 Å². The molecule has 1 aromatic rings. The summed E-state index contributed by atoms with van der Waals surface area (Å²) in [6.07, 6.45) is 0.184. The van der Waals surface area contributed by atoms with E-state index in [0.29, 0.717) is 17.9 Å². The second-order valence-electron chi connectivity index (χ2n) is 5.61. The quantitative estimate of drug-likeness (QED) is 0.749. The number of β-amino-alcohol motifs (C(OH)–C–C–N with tert-alkyl or cyclic N) is 1. The van der Waals surface area contributed by atoms with Gasteiger partial charge in [-0.2, -0.15) is 5.26 Å². The Morgan fingerprint density at radius 2 is 2.13 bits per heavy atom. The Balaban J connectivity index is 1.94. The van der Waals surface area contributed by atoms with Crippen molar-refractivity contribution in [3.63, 3.8) is 0 Å². The van der Waals surface area contributed by atoms with Gasteiger partial charge in [-0.25, -0.2) is 0 Å². The first-order valence-corrected chi connectivity index (χ1v) is 7.82. The van der Waals surface area contributed by atoms with Crippen LogP contribution in [0.3, 0.4) is 0 Å². The lowest BCUT2D eigenvalue weighted by atomic mass is 10.0. The fourth-order valence-corrected chi connectivity index (χ4v) is 2.79. The number of piperazine rings is 1. The summed E-state index contributed by atoms with van der Waals surface area (Å²) in [5.74, 6) is 0.593. The van der Waals surface area contributed by atoms with E-state index >= 15 is 0 Å². The maximum absolute atomic E-state index is 12.4. The third-order valence-corrected chi connectivity index (χ3v) is 4.18. The molecule has 1 unspecified atom stereocenters. The zero-order chi connectivity index (χ0) is 16.7. The average molecular weight is 317 g/mol. The van der Waals surface area contributed by atoms with E-state index in [4.69, 9.17) is 9.84 Å². The Kier molecular flexibility index (Phi) is 6.53. The van der Waals surface area contributed by atoms with Crippen LogP contribution in [0.5, 0.6) is 5.75 Å². The van der Waals surface area contributed by atoms with E-state index in [1.807, 2.05) is 4.90 Å². The number of aliphatic hydroxyl groups is 1. The van der Waals surface area contributed by atoms with Crippen LogP contribution in [0.1, 0.15) is 16.8 Å². The number of benzene rings is 1. The van der Waals surface area contributed by atoms with Crippen LogP contribution in [0.15, 0.2) is 24.3 Å². The van der Waals surface area contributed by atoms with Crippen LogP contribution >= 0.6 is 0 Å². The maximum Gasteiger partial charge on any atom is 0.165 e. The van der Waals surface area contributed by atoms with Crippen molar-refractivity contribution in [3.8, 4) is 11.8 Å². The summed E-state index contributed by atoms with van der Waals surface area (Å²) in [5, 5.41) is 18.4. The summed E-state index contributed by atoms with van der Waals surface area (Å²) in [6.45, 7) is 3.91. The molecular weight excluding hydrogens is 294 g/mol. The van der Waals surface area contributed by atoms with E-state index in [0.717, 1.165) is 26.2 Å². The first-order chi connectivity index (χ1) is 11.2. The lowest BCUT2D eigenvalue weighted by molar-refractivity contribution is 0.0824. The number of carbonyl (C=O) groups is 1. The fraction of sp³-hybridized carbons (Fsp3) is 0.529. The smallest absolute Gasteiger partial charge is 0.165 e. The molecule has 0 bridgehead atoms. The van der Waals surface area contributed by atoms with Crippen LogP contribution < -0.4 is 4.74 Å². The molecule has 0 aliphatic carbocycles. The number of nitrogens with zero attached hydrogens (tertiary/aromatic N) is 3. The highest BCUT2D eigenvalue weighted by molar-refractivity contribution is 5.97. The molecule has 1 aromatic carbocycles. The van der Waals surface area contributed by atoms with E-state index in [1.165, 1.54) is 0 Å². The van der Waals surface area contributed by atoms with Gasteiger partial charge in [0.25, 0.3) is 0 Å². The number of ether oxygens (including phenoxy) is 1. The summed E-state index contributed by atoms with van der Waals surface area (Å²) >= 11 is 0. The topological polar surface area (TPSA) is 76.8 Å². The van der Waals surface area contributed by atoms with Gasteiger partial charge in [0.15, 0.2) is 5.78 Å². The average Bonchev–Trinajstić information content (AvgIpc) is 2.60. The number of nitriles is 1. The van der Waals surface area contributed by atoms with Crippen LogP contribution in [0.2, 0.25) is 0 Å². The Labute approximate surface area is 136 Å². The van der Waals surface area contributed by atoms with Crippen LogP contribution in [0.25, 0.3) is 0 Å². The van der Waals surface area contributed by atoms with Crippen molar-refractivity contribution in [2.24, 2.45) is 0 Å². The second kappa shape index (κ2) is 8.63. The molecule has 23 heavy (non-hydrogen) atoms. The summed E-state index contributed by atoms with van der Waals surface area (Å²) in [5.41, 5.74) is 0.573. The van der Waals surface area contributed by atoms with Gasteiger partial charge in [0.2, 0.25) is 0 Å².